The van der Waals surface area contributed by atoms with Gasteiger partial charge in [0, 0.05) is 21.7 Å². The van der Waals surface area contributed by atoms with Gasteiger partial charge in [0.25, 0.3) is 5.91 Å². The molecule has 0 radical (unpaired) electrons. The lowest BCUT2D eigenvalue weighted by molar-refractivity contribution is 0.0916. The highest BCUT2D eigenvalue weighted by atomic mass is 127. The quantitative estimate of drug-likeness (QED) is 0.547. The average molecular weight is 420 g/mol. The van der Waals surface area contributed by atoms with E-state index in [4.69, 9.17) is 20.8 Å². The minimum Gasteiger partial charge on any atom is -0.467 e. The number of ether oxygens (including phenoxy) is 1. The van der Waals surface area contributed by atoms with Crippen LogP contribution in [0.1, 0.15) is 22.5 Å². The third kappa shape index (κ3) is 5.33. The molecule has 0 saturated carbocycles. The number of amides is 1. The van der Waals surface area contributed by atoms with E-state index in [1.165, 1.54) is 0 Å². The second-order valence-corrected chi connectivity index (χ2v) is 5.96. The molecule has 1 aromatic carbocycles. The van der Waals surface area contributed by atoms with Crippen molar-refractivity contribution in [2.75, 3.05) is 13.2 Å². The first-order chi connectivity index (χ1) is 10.2. The van der Waals surface area contributed by atoms with E-state index in [1.807, 2.05) is 12.1 Å². The monoisotopic (exact) mass is 419 g/mol. The van der Waals surface area contributed by atoms with E-state index in [2.05, 4.69) is 27.9 Å². The molecule has 1 aromatic heterocycles. The SMILES string of the molecule is O=C(NCCCOCc1ccco1)c1ccc(Cl)cc1I. The van der Waals surface area contributed by atoms with Crippen molar-refractivity contribution in [1.29, 1.82) is 0 Å². The van der Waals surface area contributed by atoms with E-state index in [1.54, 1.807) is 24.5 Å². The third-order valence-electron chi connectivity index (χ3n) is 2.75. The van der Waals surface area contributed by atoms with Gasteiger partial charge < -0.3 is 14.5 Å². The first-order valence-electron chi connectivity index (χ1n) is 6.50. The second-order valence-electron chi connectivity index (χ2n) is 4.37. The van der Waals surface area contributed by atoms with Gasteiger partial charge >= 0.3 is 0 Å². The van der Waals surface area contributed by atoms with Gasteiger partial charge in [-0.2, -0.15) is 0 Å². The van der Waals surface area contributed by atoms with E-state index in [-0.39, 0.29) is 5.91 Å². The second kappa shape index (κ2) is 8.41. The Morgan fingerprint density at radius 2 is 2.24 bits per heavy atom. The summed E-state index contributed by atoms with van der Waals surface area (Å²) in [6.45, 7) is 1.59. The highest BCUT2D eigenvalue weighted by Crippen LogP contribution is 2.17. The molecule has 6 heteroatoms. The Morgan fingerprint density at radius 3 is 2.95 bits per heavy atom. The van der Waals surface area contributed by atoms with Gasteiger partial charge in [-0.3, -0.25) is 4.79 Å². The van der Waals surface area contributed by atoms with E-state index in [0.717, 1.165) is 15.8 Å². The number of halogens is 2. The molecule has 0 bridgehead atoms. The summed E-state index contributed by atoms with van der Waals surface area (Å²) < 4.78 is 11.4. The van der Waals surface area contributed by atoms with E-state index >= 15 is 0 Å². The minimum absolute atomic E-state index is 0.0953. The number of furan rings is 1. The number of carbonyl (C=O) groups is 1. The van der Waals surface area contributed by atoms with E-state index in [9.17, 15) is 4.79 Å². The van der Waals surface area contributed by atoms with Crippen LogP contribution in [0.5, 0.6) is 0 Å². The highest BCUT2D eigenvalue weighted by Gasteiger charge is 2.09. The van der Waals surface area contributed by atoms with Gasteiger partial charge in [-0.25, -0.2) is 0 Å². The lowest BCUT2D eigenvalue weighted by atomic mass is 10.2. The van der Waals surface area contributed by atoms with Gasteiger partial charge in [0.15, 0.2) is 0 Å². The Hall–Kier alpha value is -1.05. The molecule has 4 nitrogen and oxygen atoms in total. The molecule has 0 aliphatic carbocycles. The molecular weight excluding hydrogens is 405 g/mol. The fourth-order valence-corrected chi connectivity index (χ4v) is 2.83. The van der Waals surface area contributed by atoms with Crippen LogP contribution in [0.15, 0.2) is 41.0 Å². The maximum absolute atomic E-state index is 12.0. The number of hydrogen-bond donors (Lipinski definition) is 1. The van der Waals surface area contributed by atoms with Crippen LogP contribution in [0, 0.1) is 3.57 Å². The Labute approximate surface area is 141 Å². The predicted octanol–water partition coefficient (Wildman–Crippen LogP) is 3.87. The Kier molecular flexibility index (Phi) is 6.53. The molecule has 0 aliphatic rings. The van der Waals surface area contributed by atoms with Crippen molar-refractivity contribution in [3.8, 4) is 0 Å². The molecule has 0 spiro atoms. The van der Waals surface area contributed by atoms with Crippen molar-refractivity contribution < 1.29 is 13.9 Å². The summed E-state index contributed by atoms with van der Waals surface area (Å²) in [6.07, 6.45) is 2.36. The van der Waals surface area contributed by atoms with Gasteiger partial charge in [0.05, 0.1) is 11.8 Å². The van der Waals surface area contributed by atoms with Crippen molar-refractivity contribution in [1.82, 2.24) is 5.32 Å². The lowest BCUT2D eigenvalue weighted by Gasteiger charge is -2.07. The molecule has 0 atom stereocenters. The number of benzene rings is 1. The van der Waals surface area contributed by atoms with Crippen molar-refractivity contribution in [2.24, 2.45) is 0 Å². The first kappa shape index (κ1) is 16.3. The largest absolute Gasteiger partial charge is 0.467 e. The first-order valence-corrected chi connectivity index (χ1v) is 7.96. The Bertz CT molecular complexity index is 587. The molecule has 1 amide bonds. The van der Waals surface area contributed by atoms with Crippen LogP contribution >= 0.6 is 34.2 Å². The summed E-state index contributed by atoms with van der Waals surface area (Å²) in [5.74, 6) is 0.705. The normalized spacial score (nSPS) is 10.6. The van der Waals surface area contributed by atoms with E-state index in [0.29, 0.717) is 30.3 Å². The fourth-order valence-electron chi connectivity index (χ4n) is 1.71. The van der Waals surface area contributed by atoms with Crippen molar-refractivity contribution in [3.05, 3.63) is 56.5 Å². The molecule has 1 heterocycles. The molecule has 21 heavy (non-hydrogen) atoms. The fraction of sp³-hybridized carbons (Fsp3) is 0.267. The number of carbonyl (C=O) groups excluding carboxylic acids is 1. The van der Waals surface area contributed by atoms with Crippen molar-refractivity contribution >= 4 is 40.1 Å². The molecule has 0 unspecified atom stereocenters. The summed E-state index contributed by atoms with van der Waals surface area (Å²) in [7, 11) is 0. The van der Waals surface area contributed by atoms with Gasteiger partial charge in [-0.15, -0.1) is 0 Å². The Balaban J connectivity index is 1.65. The van der Waals surface area contributed by atoms with Crippen LogP contribution in [-0.2, 0) is 11.3 Å². The number of nitrogens with one attached hydrogen (secondary N) is 1. The van der Waals surface area contributed by atoms with Gasteiger partial charge in [-0.05, 0) is 59.3 Å². The van der Waals surface area contributed by atoms with Crippen LogP contribution in [0.25, 0.3) is 0 Å². The van der Waals surface area contributed by atoms with Crippen LogP contribution in [0.4, 0.5) is 0 Å². The van der Waals surface area contributed by atoms with Crippen LogP contribution in [0.2, 0.25) is 5.02 Å². The summed E-state index contributed by atoms with van der Waals surface area (Å²) in [6, 6.07) is 8.90. The third-order valence-corrected chi connectivity index (χ3v) is 3.88. The van der Waals surface area contributed by atoms with Crippen LogP contribution in [0.3, 0.4) is 0 Å². The zero-order chi connectivity index (χ0) is 15.1. The predicted molar refractivity (Wildman–Crippen MR) is 89.5 cm³/mol. The minimum atomic E-state index is -0.0953. The summed E-state index contributed by atoms with van der Waals surface area (Å²) in [5.41, 5.74) is 0.636. The summed E-state index contributed by atoms with van der Waals surface area (Å²) in [5, 5.41) is 3.49. The topological polar surface area (TPSA) is 51.5 Å². The standard InChI is InChI=1S/C15H15ClINO3/c16-11-4-5-13(14(17)9-11)15(19)18-6-2-7-20-10-12-3-1-8-21-12/h1,3-5,8-9H,2,6-7,10H2,(H,18,19). The van der Waals surface area contributed by atoms with Crippen molar-refractivity contribution in [2.45, 2.75) is 13.0 Å². The molecule has 0 fully saturated rings. The van der Waals surface area contributed by atoms with Gasteiger partial charge in [0.1, 0.15) is 12.4 Å². The molecule has 2 rings (SSSR count). The van der Waals surface area contributed by atoms with Gasteiger partial charge in [0.2, 0.25) is 0 Å². The number of rotatable bonds is 7. The zero-order valence-corrected chi connectivity index (χ0v) is 14.2. The molecule has 0 aliphatic heterocycles. The smallest absolute Gasteiger partial charge is 0.252 e. The lowest BCUT2D eigenvalue weighted by Crippen LogP contribution is -2.26. The molecule has 112 valence electrons. The molecular formula is C15H15ClINO3. The zero-order valence-electron chi connectivity index (χ0n) is 11.3. The van der Waals surface area contributed by atoms with E-state index < -0.39 is 0 Å². The van der Waals surface area contributed by atoms with Crippen molar-refractivity contribution in [3.63, 3.8) is 0 Å². The van der Waals surface area contributed by atoms with Crippen LogP contribution < -0.4 is 5.32 Å². The molecule has 1 N–H and O–H groups in total. The molecule has 2 aromatic rings. The summed E-state index contributed by atoms with van der Waals surface area (Å²) in [4.78, 5) is 12.0. The Morgan fingerprint density at radius 1 is 1.38 bits per heavy atom. The van der Waals surface area contributed by atoms with Crippen LogP contribution in [-0.4, -0.2) is 19.1 Å². The highest BCUT2D eigenvalue weighted by molar-refractivity contribution is 14.1. The summed E-state index contributed by atoms with van der Waals surface area (Å²) >= 11 is 7.97. The average Bonchev–Trinajstić information content (AvgIpc) is 2.95. The maximum Gasteiger partial charge on any atom is 0.252 e. The molecule has 0 saturated heterocycles. The maximum atomic E-state index is 12.0. The number of hydrogen-bond acceptors (Lipinski definition) is 3. The van der Waals surface area contributed by atoms with Gasteiger partial charge in [-0.1, -0.05) is 11.6 Å².